The monoisotopic (exact) mass is 354 g/mol. The molecule has 1 aromatic heterocycles. The molecule has 1 heterocycles. The normalized spacial score (nSPS) is 10.7. The molecule has 0 aliphatic carbocycles. The highest BCUT2D eigenvalue weighted by atomic mass is 79.9. The summed E-state index contributed by atoms with van der Waals surface area (Å²) in [4.78, 5) is 15.6. The molecule has 2 aromatic rings. The molecular formula is C14H15BrN2O4. The molecule has 0 saturated carbocycles. The summed E-state index contributed by atoms with van der Waals surface area (Å²) in [6, 6.07) is 4.93. The van der Waals surface area contributed by atoms with Crippen molar-refractivity contribution in [2.24, 2.45) is 0 Å². The quantitative estimate of drug-likeness (QED) is 0.766. The zero-order chi connectivity index (χ0) is 15.4. The molecule has 0 amide bonds. The van der Waals surface area contributed by atoms with Gasteiger partial charge in [0.1, 0.15) is 5.75 Å². The van der Waals surface area contributed by atoms with Crippen LogP contribution in [0.25, 0.3) is 0 Å². The highest BCUT2D eigenvalue weighted by Gasteiger charge is 2.12. The number of benzene rings is 1. The number of nitrogens with zero attached hydrogens (tertiary/aromatic N) is 2. The van der Waals surface area contributed by atoms with Crippen LogP contribution in [0.5, 0.6) is 5.75 Å². The number of rotatable bonds is 5. The Hall–Kier alpha value is -1.89. The molecule has 0 radical (unpaired) electrons. The SMILES string of the molecule is COC(=O)c1ccc(OCc2nc(C(C)C)no2)c(Br)c1. The molecule has 6 nitrogen and oxygen atoms in total. The van der Waals surface area contributed by atoms with Crippen LogP contribution in [0, 0.1) is 0 Å². The first kappa shape index (κ1) is 15.5. The Morgan fingerprint density at radius 2 is 2.19 bits per heavy atom. The van der Waals surface area contributed by atoms with Crippen LogP contribution in [0.15, 0.2) is 27.2 Å². The van der Waals surface area contributed by atoms with Crippen molar-refractivity contribution in [1.82, 2.24) is 10.1 Å². The lowest BCUT2D eigenvalue weighted by molar-refractivity contribution is 0.0600. The molecule has 21 heavy (non-hydrogen) atoms. The van der Waals surface area contributed by atoms with Gasteiger partial charge in [-0.3, -0.25) is 0 Å². The fourth-order valence-electron chi connectivity index (χ4n) is 1.56. The Labute approximate surface area is 130 Å². The Morgan fingerprint density at radius 3 is 2.76 bits per heavy atom. The van der Waals surface area contributed by atoms with E-state index in [1.54, 1.807) is 18.2 Å². The number of esters is 1. The number of halogens is 1. The minimum absolute atomic E-state index is 0.163. The van der Waals surface area contributed by atoms with Crippen LogP contribution in [-0.4, -0.2) is 23.2 Å². The van der Waals surface area contributed by atoms with Crippen molar-refractivity contribution in [3.63, 3.8) is 0 Å². The molecule has 0 aliphatic heterocycles. The van der Waals surface area contributed by atoms with E-state index >= 15 is 0 Å². The van der Waals surface area contributed by atoms with E-state index in [-0.39, 0.29) is 12.5 Å². The Bertz CT molecular complexity index is 640. The molecule has 2 rings (SSSR count). The van der Waals surface area contributed by atoms with Crippen molar-refractivity contribution < 1.29 is 18.8 Å². The lowest BCUT2D eigenvalue weighted by Gasteiger charge is -2.07. The summed E-state index contributed by atoms with van der Waals surface area (Å²) >= 11 is 3.35. The zero-order valence-corrected chi connectivity index (χ0v) is 13.5. The third kappa shape index (κ3) is 3.81. The highest BCUT2D eigenvalue weighted by molar-refractivity contribution is 9.10. The molecule has 0 bridgehead atoms. The number of ether oxygens (including phenoxy) is 2. The first-order valence-electron chi connectivity index (χ1n) is 6.34. The summed E-state index contributed by atoms with van der Waals surface area (Å²) in [5.74, 6) is 1.43. The predicted molar refractivity (Wildman–Crippen MR) is 78.2 cm³/mol. The minimum atomic E-state index is -0.402. The van der Waals surface area contributed by atoms with Gasteiger partial charge < -0.3 is 14.0 Å². The summed E-state index contributed by atoms with van der Waals surface area (Å²) in [7, 11) is 1.34. The van der Waals surface area contributed by atoms with Crippen molar-refractivity contribution in [3.05, 3.63) is 40.0 Å². The molecule has 0 fully saturated rings. The van der Waals surface area contributed by atoms with E-state index in [9.17, 15) is 4.79 Å². The molecule has 0 saturated heterocycles. The first-order chi connectivity index (χ1) is 10.0. The van der Waals surface area contributed by atoms with Gasteiger partial charge in [0.05, 0.1) is 17.1 Å². The van der Waals surface area contributed by atoms with E-state index in [0.717, 1.165) is 0 Å². The number of carbonyl (C=O) groups excluding carboxylic acids is 1. The van der Waals surface area contributed by atoms with Crippen LogP contribution in [0.2, 0.25) is 0 Å². The average Bonchev–Trinajstić information content (AvgIpc) is 2.94. The maximum Gasteiger partial charge on any atom is 0.337 e. The molecule has 0 unspecified atom stereocenters. The molecule has 0 spiro atoms. The maximum absolute atomic E-state index is 11.4. The maximum atomic E-state index is 11.4. The standard InChI is InChI=1S/C14H15BrN2O4/c1-8(2)13-16-12(21-17-13)7-20-11-5-4-9(6-10(11)15)14(18)19-3/h4-6,8H,7H2,1-3H3. The molecule has 112 valence electrons. The van der Waals surface area contributed by atoms with E-state index in [4.69, 9.17) is 9.26 Å². The second-order valence-corrected chi connectivity index (χ2v) is 5.48. The van der Waals surface area contributed by atoms with E-state index in [2.05, 4.69) is 30.8 Å². The summed E-state index contributed by atoms with van der Waals surface area (Å²) in [5.41, 5.74) is 0.441. The first-order valence-corrected chi connectivity index (χ1v) is 7.13. The van der Waals surface area contributed by atoms with Gasteiger partial charge >= 0.3 is 5.97 Å². The summed E-state index contributed by atoms with van der Waals surface area (Å²) in [6.07, 6.45) is 0. The highest BCUT2D eigenvalue weighted by Crippen LogP contribution is 2.27. The van der Waals surface area contributed by atoms with Crippen LogP contribution in [0.1, 0.15) is 41.8 Å². The molecule has 1 aromatic carbocycles. The summed E-state index contributed by atoms with van der Waals surface area (Å²) in [5, 5.41) is 3.86. The van der Waals surface area contributed by atoms with Crippen LogP contribution >= 0.6 is 15.9 Å². The van der Waals surface area contributed by atoms with Gasteiger partial charge in [-0.2, -0.15) is 4.98 Å². The zero-order valence-electron chi connectivity index (χ0n) is 11.9. The Morgan fingerprint density at radius 1 is 1.43 bits per heavy atom. The number of methoxy groups -OCH3 is 1. The van der Waals surface area contributed by atoms with Gasteiger partial charge in [-0.05, 0) is 34.1 Å². The predicted octanol–water partition coefficient (Wildman–Crippen LogP) is 3.32. The third-order valence-corrected chi connectivity index (χ3v) is 3.32. The van der Waals surface area contributed by atoms with Gasteiger partial charge in [-0.1, -0.05) is 19.0 Å². The largest absolute Gasteiger partial charge is 0.483 e. The fraction of sp³-hybridized carbons (Fsp3) is 0.357. The number of hydrogen-bond acceptors (Lipinski definition) is 6. The smallest absolute Gasteiger partial charge is 0.337 e. The minimum Gasteiger partial charge on any atom is -0.483 e. The van der Waals surface area contributed by atoms with Crippen LogP contribution < -0.4 is 4.74 Å². The van der Waals surface area contributed by atoms with Gasteiger partial charge in [0.25, 0.3) is 5.89 Å². The Balaban J connectivity index is 2.04. The topological polar surface area (TPSA) is 74.5 Å². The van der Waals surface area contributed by atoms with Gasteiger partial charge in [0.2, 0.25) is 0 Å². The molecule has 7 heteroatoms. The van der Waals surface area contributed by atoms with Gasteiger partial charge in [-0.25, -0.2) is 4.79 Å². The molecule has 0 atom stereocenters. The average molecular weight is 355 g/mol. The van der Waals surface area contributed by atoms with Crippen LogP contribution in [0.3, 0.4) is 0 Å². The second-order valence-electron chi connectivity index (χ2n) is 4.63. The lowest BCUT2D eigenvalue weighted by atomic mass is 10.2. The van der Waals surface area contributed by atoms with Crippen molar-refractivity contribution in [3.8, 4) is 5.75 Å². The molecular weight excluding hydrogens is 340 g/mol. The van der Waals surface area contributed by atoms with Crippen molar-refractivity contribution >= 4 is 21.9 Å². The van der Waals surface area contributed by atoms with E-state index in [0.29, 0.717) is 27.5 Å². The van der Waals surface area contributed by atoms with E-state index in [1.165, 1.54) is 7.11 Å². The Kier molecular flexibility index (Phi) is 4.95. The van der Waals surface area contributed by atoms with Gasteiger partial charge in [0, 0.05) is 5.92 Å². The lowest BCUT2D eigenvalue weighted by Crippen LogP contribution is -2.02. The van der Waals surface area contributed by atoms with Crippen LogP contribution in [0.4, 0.5) is 0 Å². The van der Waals surface area contributed by atoms with E-state index in [1.807, 2.05) is 13.8 Å². The van der Waals surface area contributed by atoms with Crippen molar-refractivity contribution in [1.29, 1.82) is 0 Å². The summed E-state index contributed by atoms with van der Waals surface area (Å²) < 4.78 is 16.0. The van der Waals surface area contributed by atoms with Crippen molar-refractivity contribution in [2.75, 3.05) is 7.11 Å². The number of carbonyl (C=O) groups is 1. The third-order valence-electron chi connectivity index (χ3n) is 2.70. The second kappa shape index (κ2) is 6.71. The van der Waals surface area contributed by atoms with Gasteiger partial charge in [0.15, 0.2) is 12.4 Å². The van der Waals surface area contributed by atoms with E-state index < -0.39 is 5.97 Å². The van der Waals surface area contributed by atoms with Crippen LogP contribution in [-0.2, 0) is 11.3 Å². The molecule has 0 N–H and O–H groups in total. The summed E-state index contributed by atoms with van der Waals surface area (Å²) in [6.45, 7) is 4.13. The number of hydrogen-bond donors (Lipinski definition) is 0. The van der Waals surface area contributed by atoms with Gasteiger partial charge in [-0.15, -0.1) is 0 Å². The fourth-order valence-corrected chi connectivity index (χ4v) is 2.06. The molecule has 0 aliphatic rings. The number of aromatic nitrogens is 2. The van der Waals surface area contributed by atoms with Crippen molar-refractivity contribution in [2.45, 2.75) is 26.4 Å².